The molecule has 0 fully saturated rings. The number of halogens is 6. The van der Waals surface area contributed by atoms with Gasteiger partial charge in [-0.05, 0) is 32.0 Å². The molecule has 0 unspecified atom stereocenters. The quantitative estimate of drug-likeness (QED) is 0.543. The fourth-order valence-corrected chi connectivity index (χ4v) is 2.66. The molecule has 9 heteroatoms. The Kier molecular flexibility index (Phi) is 4.61. The topological polar surface area (TPSA) is 25.8 Å². The molecule has 0 atom stereocenters. The van der Waals surface area contributed by atoms with Gasteiger partial charge >= 0.3 is 12.4 Å². The van der Waals surface area contributed by atoms with E-state index in [0.29, 0.717) is 5.56 Å². The number of aromatic nitrogens is 2. The predicted octanol–water partition coefficient (Wildman–Crippen LogP) is 5.28. The maximum atomic E-state index is 12.8. The smallest absolute Gasteiger partial charge is 0.229 e. The van der Waals surface area contributed by atoms with Crippen molar-refractivity contribution in [2.75, 3.05) is 0 Å². The minimum Gasteiger partial charge on any atom is -0.229 e. The normalized spacial score (nSPS) is 12.5. The SMILES string of the molecule is Cc1nc(C(F)(F)F)nc(Sc2cccc(C(F)(F)F)c2)c1C. The van der Waals surface area contributed by atoms with Gasteiger partial charge < -0.3 is 0 Å². The van der Waals surface area contributed by atoms with E-state index in [9.17, 15) is 26.3 Å². The van der Waals surface area contributed by atoms with Crippen LogP contribution in [0.15, 0.2) is 34.2 Å². The molecule has 23 heavy (non-hydrogen) atoms. The van der Waals surface area contributed by atoms with Gasteiger partial charge in [-0.2, -0.15) is 26.3 Å². The number of rotatable bonds is 2. The van der Waals surface area contributed by atoms with E-state index in [1.807, 2.05) is 0 Å². The average Bonchev–Trinajstić information content (AvgIpc) is 2.42. The first kappa shape index (κ1) is 17.6. The number of aryl methyl sites for hydroxylation is 1. The van der Waals surface area contributed by atoms with Gasteiger partial charge in [0.05, 0.1) is 5.56 Å². The highest BCUT2D eigenvalue weighted by Crippen LogP contribution is 2.36. The summed E-state index contributed by atoms with van der Waals surface area (Å²) >= 11 is 0.738. The van der Waals surface area contributed by atoms with Crippen LogP contribution in [0.2, 0.25) is 0 Å². The number of hydrogen-bond acceptors (Lipinski definition) is 3. The van der Waals surface area contributed by atoms with Crippen LogP contribution in [0.25, 0.3) is 0 Å². The molecule has 0 aliphatic heterocycles. The predicted molar refractivity (Wildman–Crippen MR) is 72.1 cm³/mol. The summed E-state index contributed by atoms with van der Waals surface area (Å²) in [5.74, 6) is -1.31. The minimum atomic E-state index is -4.72. The molecule has 0 amide bonds. The van der Waals surface area contributed by atoms with Crippen LogP contribution in [0.3, 0.4) is 0 Å². The molecule has 124 valence electrons. The third kappa shape index (κ3) is 4.15. The minimum absolute atomic E-state index is 0.0239. The second kappa shape index (κ2) is 6.03. The summed E-state index contributed by atoms with van der Waals surface area (Å²) in [6.45, 7) is 2.91. The maximum absolute atomic E-state index is 12.8. The van der Waals surface area contributed by atoms with Crippen LogP contribution in [0.5, 0.6) is 0 Å². The Hall–Kier alpha value is -1.77. The van der Waals surface area contributed by atoms with E-state index in [1.54, 1.807) is 0 Å². The van der Waals surface area contributed by atoms with Crippen LogP contribution in [-0.4, -0.2) is 9.97 Å². The fourth-order valence-electron chi connectivity index (χ4n) is 1.68. The van der Waals surface area contributed by atoms with E-state index >= 15 is 0 Å². The summed E-state index contributed by atoms with van der Waals surface area (Å²) in [5.41, 5.74) is -0.357. The van der Waals surface area contributed by atoms with Gasteiger partial charge in [0.15, 0.2) is 0 Å². The highest BCUT2D eigenvalue weighted by Gasteiger charge is 2.36. The van der Waals surface area contributed by atoms with Crippen LogP contribution in [0.1, 0.15) is 22.6 Å². The lowest BCUT2D eigenvalue weighted by molar-refractivity contribution is -0.145. The van der Waals surface area contributed by atoms with Gasteiger partial charge in [-0.1, -0.05) is 17.8 Å². The second-order valence-electron chi connectivity index (χ2n) is 4.69. The Morgan fingerprint density at radius 1 is 0.913 bits per heavy atom. The Morgan fingerprint density at radius 2 is 1.57 bits per heavy atom. The molecule has 2 rings (SSSR count). The van der Waals surface area contributed by atoms with Crippen molar-refractivity contribution in [3.8, 4) is 0 Å². The summed E-state index contributed by atoms with van der Waals surface area (Å²) in [6, 6.07) is 4.33. The number of alkyl halides is 6. The molecule has 0 aliphatic rings. The van der Waals surface area contributed by atoms with Gasteiger partial charge in [0, 0.05) is 16.2 Å². The van der Waals surface area contributed by atoms with Crippen molar-refractivity contribution in [3.05, 3.63) is 46.9 Å². The van der Waals surface area contributed by atoms with Gasteiger partial charge in [0.1, 0.15) is 5.03 Å². The summed E-state index contributed by atoms with van der Waals surface area (Å²) in [7, 11) is 0. The highest BCUT2D eigenvalue weighted by molar-refractivity contribution is 7.99. The third-order valence-electron chi connectivity index (χ3n) is 2.97. The van der Waals surface area contributed by atoms with E-state index in [0.717, 1.165) is 23.9 Å². The van der Waals surface area contributed by atoms with E-state index in [2.05, 4.69) is 9.97 Å². The van der Waals surface area contributed by atoms with Crippen molar-refractivity contribution in [1.29, 1.82) is 0 Å². The molecule has 0 radical (unpaired) electrons. The largest absolute Gasteiger partial charge is 0.451 e. The lowest BCUT2D eigenvalue weighted by Crippen LogP contribution is -2.13. The van der Waals surface area contributed by atoms with Crippen LogP contribution in [-0.2, 0) is 12.4 Å². The van der Waals surface area contributed by atoms with Crippen molar-refractivity contribution >= 4 is 11.8 Å². The van der Waals surface area contributed by atoms with E-state index in [4.69, 9.17) is 0 Å². The Balaban J connectivity index is 2.43. The molecule has 1 aromatic heterocycles. The molecule has 2 nitrogen and oxygen atoms in total. The standard InChI is InChI=1S/C14H10F6N2S/c1-7-8(2)21-12(14(18,19)20)22-11(7)23-10-5-3-4-9(6-10)13(15,16)17/h3-6H,1-2H3. The van der Waals surface area contributed by atoms with Gasteiger partial charge in [0.2, 0.25) is 5.82 Å². The molecule has 1 aromatic carbocycles. The van der Waals surface area contributed by atoms with Crippen LogP contribution < -0.4 is 0 Å². The summed E-state index contributed by atoms with van der Waals surface area (Å²) < 4.78 is 76.3. The molecule has 0 N–H and O–H groups in total. The molecule has 0 aliphatic carbocycles. The zero-order valence-electron chi connectivity index (χ0n) is 11.9. The summed E-state index contributed by atoms with van der Waals surface area (Å²) in [5, 5.41) is -0.0239. The van der Waals surface area contributed by atoms with Crippen molar-refractivity contribution in [2.45, 2.75) is 36.1 Å². The molecule has 0 saturated heterocycles. The van der Waals surface area contributed by atoms with Crippen molar-refractivity contribution in [2.24, 2.45) is 0 Å². The van der Waals surface area contributed by atoms with Crippen molar-refractivity contribution in [1.82, 2.24) is 9.97 Å². The molecule has 0 spiro atoms. The Morgan fingerprint density at radius 3 is 2.13 bits per heavy atom. The van der Waals surface area contributed by atoms with E-state index in [1.165, 1.54) is 26.0 Å². The molecular formula is C14H10F6N2S. The average molecular weight is 352 g/mol. The van der Waals surface area contributed by atoms with Gasteiger partial charge in [-0.3, -0.25) is 0 Å². The highest BCUT2D eigenvalue weighted by atomic mass is 32.2. The van der Waals surface area contributed by atoms with Gasteiger partial charge in [-0.25, -0.2) is 9.97 Å². The lowest BCUT2D eigenvalue weighted by atomic mass is 10.2. The number of benzene rings is 1. The molecule has 1 heterocycles. The van der Waals surface area contributed by atoms with Crippen molar-refractivity contribution in [3.63, 3.8) is 0 Å². The molecule has 2 aromatic rings. The van der Waals surface area contributed by atoms with Crippen LogP contribution in [0, 0.1) is 13.8 Å². The van der Waals surface area contributed by atoms with E-state index < -0.39 is 23.7 Å². The number of nitrogens with zero attached hydrogens (tertiary/aromatic N) is 2. The van der Waals surface area contributed by atoms with Crippen LogP contribution >= 0.6 is 11.8 Å². The molecular weight excluding hydrogens is 342 g/mol. The van der Waals surface area contributed by atoms with Gasteiger partial charge in [0.25, 0.3) is 0 Å². The zero-order chi connectivity index (χ0) is 17.4. The molecule has 0 saturated carbocycles. The third-order valence-corrected chi connectivity index (χ3v) is 4.05. The number of hydrogen-bond donors (Lipinski definition) is 0. The van der Waals surface area contributed by atoms with Gasteiger partial charge in [-0.15, -0.1) is 0 Å². The first-order valence-corrected chi connectivity index (χ1v) is 7.07. The fraction of sp³-hybridized carbons (Fsp3) is 0.286. The first-order valence-electron chi connectivity index (χ1n) is 6.26. The van der Waals surface area contributed by atoms with Crippen molar-refractivity contribution < 1.29 is 26.3 Å². The zero-order valence-corrected chi connectivity index (χ0v) is 12.7. The Labute approximate surface area is 132 Å². The Bertz CT molecular complexity index is 724. The maximum Gasteiger partial charge on any atom is 0.451 e. The summed E-state index contributed by atoms with van der Waals surface area (Å²) in [6.07, 6.45) is -9.24. The second-order valence-corrected chi connectivity index (χ2v) is 5.75. The first-order chi connectivity index (χ1) is 10.5. The molecule has 0 bridgehead atoms. The van der Waals surface area contributed by atoms with Crippen LogP contribution in [0.4, 0.5) is 26.3 Å². The van der Waals surface area contributed by atoms with E-state index in [-0.39, 0.29) is 15.6 Å². The monoisotopic (exact) mass is 352 g/mol. The lowest BCUT2D eigenvalue weighted by Gasteiger charge is -2.12. The summed E-state index contributed by atoms with van der Waals surface area (Å²) in [4.78, 5) is 6.96.